The summed E-state index contributed by atoms with van der Waals surface area (Å²) in [5.41, 5.74) is 4.07. The van der Waals surface area contributed by atoms with Crippen LogP contribution in [0.15, 0.2) is 48.7 Å². The summed E-state index contributed by atoms with van der Waals surface area (Å²) in [6.45, 7) is 5.09. The maximum Gasteiger partial charge on any atom is 0.319 e. The molecule has 0 unspecified atom stereocenters. The molecule has 5 heteroatoms. The molecule has 1 aromatic heterocycles. The highest BCUT2D eigenvalue weighted by Gasteiger charge is 2.07. The van der Waals surface area contributed by atoms with Crippen LogP contribution in [-0.2, 0) is 6.42 Å². The molecule has 2 aromatic carbocycles. The van der Waals surface area contributed by atoms with E-state index in [-0.39, 0.29) is 6.03 Å². The van der Waals surface area contributed by atoms with Gasteiger partial charge in [-0.2, -0.15) is 0 Å². The molecule has 3 rings (SSSR count). The van der Waals surface area contributed by atoms with Gasteiger partial charge in [0.05, 0.1) is 6.61 Å². The Balaban J connectivity index is 1.53. The first-order valence-corrected chi connectivity index (χ1v) is 8.50. The van der Waals surface area contributed by atoms with Crippen molar-refractivity contribution in [3.05, 3.63) is 59.8 Å². The van der Waals surface area contributed by atoms with Crippen molar-refractivity contribution in [3.8, 4) is 5.75 Å². The average Bonchev–Trinajstić information content (AvgIpc) is 3.01. The third kappa shape index (κ3) is 4.12. The van der Waals surface area contributed by atoms with Gasteiger partial charge in [0.1, 0.15) is 5.75 Å². The number of hydrogen-bond donors (Lipinski definition) is 3. The van der Waals surface area contributed by atoms with Crippen LogP contribution >= 0.6 is 0 Å². The molecule has 5 nitrogen and oxygen atoms in total. The van der Waals surface area contributed by atoms with Gasteiger partial charge in [0.15, 0.2) is 0 Å². The van der Waals surface area contributed by atoms with Crippen LogP contribution in [0.2, 0.25) is 0 Å². The highest BCUT2D eigenvalue weighted by molar-refractivity contribution is 5.90. The van der Waals surface area contributed by atoms with E-state index in [1.165, 1.54) is 10.9 Å². The fourth-order valence-electron chi connectivity index (χ4n) is 2.85. The lowest BCUT2D eigenvalue weighted by Crippen LogP contribution is -2.30. The number of aryl methyl sites for hydroxylation is 1. The third-order valence-corrected chi connectivity index (χ3v) is 4.11. The SMILES string of the molecule is CCOc1ccc(NC(=O)NCCc2c[nH]c3ccccc23)c(C)c1. The first-order valence-electron chi connectivity index (χ1n) is 8.50. The monoisotopic (exact) mass is 337 g/mol. The van der Waals surface area contributed by atoms with Crippen molar-refractivity contribution in [2.45, 2.75) is 20.3 Å². The van der Waals surface area contributed by atoms with Gasteiger partial charge in [-0.25, -0.2) is 4.79 Å². The molecular weight excluding hydrogens is 314 g/mol. The number of fused-ring (bicyclic) bond motifs is 1. The summed E-state index contributed by atoms with van der Waals surface area (Å²) < 4.78 is 5.46. The smallest absolute Gasteiger partial charge is 0.319 e. The van der Waals surface area contributed by atoms with E-state index < -0.39 is 0 Å². The van der Waals surface area contributed by atoms with E-state index in [1.807, 2.05) is 56.4 Å². The minimum atomic E-state index is -0.202. The Morgan fingerprint density at radius 1 is 1.20 bits per heavy atom. The Morgan fingerprint density at radius 2 is 2.04 bits per heavy atom. The summed E-state index contributed by atoms with van der Waals surface area (Å²) in [4.78, 5) is 15.4. The number of para-hydroxylation sites is 1. The summed E-state index contributed by atoms with van der Waals surface area (Å²) in [6, 6.07) is 13.6. The Kier molecular flexibility index (Phi) is 5.23. The van der Waals surface area contributed by atoms with E-state index in [0.29, 0.717) is 13.2 Å². The first kappa shape index (κ1) is 16.9. The number of hydrogen-bond acceptors (Lipinski definition) is 2. The van der Waals surface area contributed by atoms with Gasteiger partial charge in [0.25, 0.3) is 0 Å². The minimum absolute atomic E-state index is 0.202. The van der Waals surface area contributed by atoms with Gasteiger partial charge in [-0.1, -0.05) is 18.2 Å². The van der Waals surface area contributed by atoms with Crippen LogP contribution in [0.4, 0.5) is 10.5 Å². The Labute approximate surface area is 147 Å². The van der Waals surface area contributed by atoms with Crippen molar-refractivity contribution in [1.29, 1.82) is 0 Å². The zero-order chi connectivity index (χ0) is 17.6. The second kappa shape index (κ2) is 7.75. The standard InChI is InChI=1S/C20H23N3O2/c1-3-25-16-8-9-18(14(2)12-16)23-20(24)21-11-10-15-13-22-19-7-5-4-6-17(15)19/h4-9,12-13,22H,3,10-11H2,1-2H3,(H2,21,23,24). The van der Waals surface area contributed by atoms with Crippen LogP contribution in [0.25, 0.3) is 10.9 Å². The molecule has 0 atom stereocenters. The molecule has 0 radical (unpaired) electrons. The minimum Gasteiger partial charge on any atom is -0.494 e. The van der Waals surface area contributed by atoms with Gasteiger partial charge in [-0.3, -0.25) is 0 Å². The fraction of sp³-hybridized carbons (Fsp3) is 0.250. The molecular formula is C20H23N3O2. The molecule has 130 valence electrons. The number of aromatic nitrogens is 1. The highest BCUT2D eigenvalue weighted by atomic mass is 16.5. The molecule has 0 saturated carbocycles. The number of carbonyl (C=O) groups excluding carboxylic acids is 1. The Hall–Kier alpha value is -2.95. The molecule has 0 aliphatic heterocycles. The van der Waals surface area contributed by atoms with Gasteiger partial charge in [0.2, 0.25) is 0 Å². The maximum atomic E-state index is 12.1. The number of anilines is 1. The Morgan fingerprint density at radius 3 is 2.84 bits per heavy atom. The zero-order valence-corrected chi connectivity index (χ0v) is 14.6. The van der Waals surface area contributed by atoms with E-state index in [2.05, 4.69) is 21.7 Å². The van der Waals surface area contributed by atoms with Crippen molar-refractivity contribution >= 4 is 22.6 Å². The van der Waals surface area contributed by atoms with E-state index in [9.17, 15) is 4.79 Å². The van der Waals surface area contributed by atoms with Crippen molar-refractivity contribution in [2.75, 3.05) is 18.5 Å². The van der Waals surface area contributed by atoms with Crippen molar-refractivity contribution in [2.24, 2.45) is 0 Å². The fourth-order valence-corrected chi connectivity index (χ4v) is 2.85. The van der Waals surface area contributed by atoms with Crippen LogP contribution in [0, 0.1) is 6.92 Å². The molecule has 3 aromatic rings. The molecule has 0 spiro atoms. The molecule has 3 N–H and O–H groups in total. The topological polar surface area (TPSA) is 66.2 Å². The number of benzene rings is 2. The lowest BCUT2D eigenvalue weighted by atomic mass is 10.1. The van der Waals surface area contributed by atoms with Crippen LogP contribution in [0.1, 0.15) is 18.1 Å². The third-order valence-electron chi connectivity index (χ3n) is 4.11. The molecule has 0 aliphatic rings. The first-order chi connectivity index (χ1) is 12.2. The molecule has 0 aliphatic carbocycles. The van der Waals surface area contributed by atoms with E-state index in [0.717, 1.165) is 28.9 Å². The number of carbonyl (C=O) groups is 1. The maximum absolute atomic E-state index is 12.1. The number of ether oxygens (including phenoxy) is 1. The summed E-state index contributed by atoms with van der Waals surface area (Å²) in [5.74, 6) is 0.810. The second-order valence-corrected chi connectivity index (χ2v) is 5.90. The van der Waals surface area contributed by atoms with Crippen LogP contribution in [0.5, 0.6) is 5.75 Å². The molecule has 2 amide bonds. The van der Waals surface area contributed by atoms with Crippen LogP contribution in [-0.4, -0.2) is 24.2 Å². The molecule has 0 saturated heterocycles. The normalized spacial score (nSPS) is 10.6. The van der Waals surface area contributed by atoms with Crippen molar-refractivity contribution in [3.63, 3.8) is 0 Å². The molecule has 0 fully saturated rings. The van der Waals surface area contributed by atoms with Gasteiger partial charge in [0, 0.05) is 29.3 Å². The lowest BCUT2D eigenvalue weighted by molar-refractivity contribution is 0.252. The second-order valence-electron chi connectivity index (χ2n) is 5.90. The summed E-state index contributed by atoms with van der Waals surface area (Å²) in [7, 11) is 0. The van der Waals surface area contributed by atoms with Gasteiger partial charge >= 0.3 is 6.03 Å². The summed E-state index contributed by atoms with van der Waals surface area (Å²) in [6.07, 6.45) is 2.78. The number of urea groups is 1. The predicted molar refractivity (Wildman–Crippen MR) is 101 cm³/mol. The van der Waals surface area contributed by atoms with E-state index in [1.54, 1.807) is 0 Å². The predicted octanol–water partition coefficient (Wildman–Crippen LogP) is 4.24. The number of H-pyrrole nitrogens is 1. The van der Waals surface area contributed by atoms with E-state index in [4.69, 9.17) is 4.74 Å². The van der Waals surface area contributed by atoms with Gasteiger partial charge in [-0.05, 0) is 55.7 Å². The largest absolute Gasteiger partial charge is 0.494 e. The summed E-state index contributed by atoms with van der Waals surface area (Å²) >= 11 is 0. The van der Waals surface area contributed by atoms with Gasteiger partial charge < -0.3 is 20.4 Å². The number of rotatable bonds is 6. The van der Waals surface area contributed by atoms with Crippen LogP contribution in [0.3, 0.4) is 0 Å². The van der Waals surface area contributed by atoms with Crippen molar-refractivity contribution < 1.29 is 9.53 Å². The highest BCUT2D eigenvalue weighted by Crippen LogP contribution is 2.21. The lowest BCUT2D eigenvalue weighted by Gasteiger charge is -2.11. The molecule has 25 heavy (non-hydrogen) atoms. The number of amides is 2. The zero-order valence-electron chi connectivity index (χ0n) is 14.6. The van der Waals surface area contributed by atoms with Gasteiger partial charge in [-0.15, -0.1) is 0 Å². The molecule has 1 heterocycles. The van der Waals surface area contributed by atoms with E-state index >= 15 is 0 Å². The van der Waals surface area contributed by atoms with Crippen molar-refractivity contribution in [1.82, 2.24) is 10.3 Å². The Bertz CT molecular complexity index is 870. The number of nitrogens with one attached hydrogen (secondary N) is 3. The number of aromatic amines is 1. The quantitative estimate of drug-likeness (QED) is 0.630. The van der Waals surface area contributed by atoms with Crippen LogP contribution < -0.4 is 15.4 Å². The average molecular weight is 337 g/mol. The summed E-state index contributed by atoms with van der Waals surface area (Å²) in [5, 5.41) is 6.99. The molecule has 0 bridgehead atoms.